The third kappa shape index (κ3) is 3.78. The van der Waals surface area contributed by atoms with Crippen LogP contribution in [0.25, 0.3) is 0 Å². The van der Waals surface area contributed by atoms with Gasteiger partial charge < -0.3 is 10.5 Å². The van der Waals surface area contributed by atoms with Crippen molar-refractivity contribution in [1.82, 2.24) is 0 Å². The fourth-order valence-corrected chi connectivity index (χ4v) is 2.32. The van der Waals surface area contributed by atoms with E-state index in [1.165, 1.54) is 23.5 Å². The van der Waals surface area contributed by atoms with Crippen LogP contribution < -0.4 is 10.5 Å². The number of nitro benzene ring substituents is 1. The Kier molecular flexibility index (Phi) is 4.87. The molecule has 0 bridgehead atoms. The lowest BCUT2D eigenvalue weighted by Gasteiger charge is -2.06. The minimum atomic E-state index is -0.768. The Bertz CT molecular complexity index is 718. The van der Waals surface area contributed by atoms with Crippen LogP contribution >= 0.6 is 11.3 Å². The Morgan fingerprint density at radius 2 is 2.24 bits per heavy atom. The third-order valence-corrected chi connectivity index (χ3v) is 3.45. The quantitative estimate of drug-likeness (QED) is 0.535. The molecule has 2 N–H and O–H groups in total. The zero-order chi connectivity index (χ0) is 15.2. The van der Waals surface area contributed by atoms with E-state index >= 15 is 0 Å². The molecule has 108 valence electrons. The fourth-order valence-electron chi connectivity index (χ4n) is 1.57. The number of nitro groups is 1. The second-order valence-electron chi connectivity index (χ2n) is 3.92. The predicted octanol–water partition coefficient (Wildman–Crippen LogP) is 2.68. The Labute approximate surface area is 124 Å². The lowest BCUT2D eigenvalue weighted by Crippen LogP contribution is -1.98. The molecule has 0 saturated carbocycles. The molecule has 1 aromatic carbocycles. The van der Waals surface area contributed by atoms with Crippen molar-refractivity contribution >= 4 is 17.0 Å². The highest BCUT2D eigenvalue weighted by atomic mass is 32.1. The van der Waals surface area contributed by atoms with Gasteiger partial charge in [0.15, 0.2) is 11.6 Å². The van der Waals surface area contributed by atoms with Crippen molar-refractivity contribution in [2.24, 2.45) is 5.73 Å². The number of halogens is 1. The molecule has 1 aromatic heterocycles. The molecule has 21 heavy (non-hydrogen) atoms. The van der Waals surface area contributed by atoms with Crippen LogP contribution in [0.4, 0.5) is 10.1 Å². The maximum absolute atomic E-state index is 13.7. The number of benzene rings is 1. The van der Waals surface area contributed by atoms with Gasteiger partial charge in [-0.1, -0.05) is 11.8 Å². The van der Waals surface area contributed by atoms with E-state index in [0.717, 1.165) is 16.5 Å². The molecular weight excluding hydrogens is 295 g/mol. The summed E-state index contributed by atoms with van der Waals surface area (Å²) in [6, 6.07) is 5.10. The van der Waals surface area contributed by atoms with Gasteiger partial charge in [0, 0.05) is 11.6 Å². The Hall–Kier alpha value is -2.43. The first-order valence-corrected chi connectivity index (χ1v) is 6.82. The summed E-state index contributed by atoms with van der Waals surface area (Å²) in [7, 11) is 0. The summed E-state index contributed by atoms with van der Waals surface area (Å²) >= 11 is 1.43. The number of thiophene rings is 1. The number of nitrogens with two attached hydrogens (primary N) is 1. The summed E-state index contributed by atoms with van der Waals surface area (Å²) < 4.78 is 19.0. The number of non-ortho nitro benzene ring substituents is 1. The number of hydrogen-bond donors (Lipinski definition) is 1. The number of nitrogens with zero attached hydrogens (tertiary/aromatic N) is 1. The lowest BCUT2D eigenvalue weighted by atomic mass is 10.2. The second-order valence-corrected chi connectivity index (χ2v) is 4.92. The zero-order valence-corrected chi connectivity index (χ0v) is 11.7. The summed E-state index contributed by atoms with van der Waals surface area (Å²) in [5.41, 5.74) is 5.78. The molecule has 1 heterocycles. The molecule has 0 spiro atoms. The topological polar surface area (TPSA) is 78.4 Å². The number of rotatable bonds is 4. The van der Waals surface area contributed by atoms with Crippen molar-refractivity contribution < 1.29 is 14.1 Å². The number of ether oxygens (including phenoxy) is 1. The van der Waals surface area contributed by atoms with Crippen LogP contribution in [-0.2, 0) is 6.61 Å². The molecule has 0 atom stereocenters. The maximum atomic E-state index is 13.7. The van der Waals surface area contributed by atoms with Gasteiger partial charge in [0.1, 0.15) is 6.61 Å². The van der Waals surface area contributed by atoms with E-state index in [0.29, 0.717) is 0 Å². The van der Waals surface area contributed by atoms with E-state index in [2.05, 4.69) is 11.8 Å². The van der Waals surface area contributed by atoms with Gasteiger partial charge >= 0.3 is 0 Å². The summed E-state index contributed by atoms with van der Waals surface area (Å²) in [6.45, 7) is 0.397. The largest absolute Gasteiger partial charge is 0.485 e. The van der Waals surface area contributed by atoms with Crippen LogP contribution in [0.5, 0.6) is 5.75 Å². The monoisotopic (exact) mass is 306 g/mol. The Balaban J connectivity index is 2.10. The number of hydrogen-bond acceptors (Lipinski definition) is 5. The van der Waals surface area contributed by atoms with E-state index in [9.17, 15) is 14.5 Å². The van der Waals surface area contributed by atoms with Crippen molar-refractivity contribution in [2.45, 2.75) is 6.61 Å². The molecule has 0 aliphatic carbocycles. The molecule has 0 fully saturated rings. The Morgan fingerprint density at radius 1 is 1.43 bits per heavy atom. The zero-order valence-electron chi connectivity index (χ0n) is 10.8. The van der Waals surface area contributed by atoms with Crippen LogP contribution in [0.3, 0.4) is 0 Å². The first kappa shape index (κ1) is 15.0. The third-order valence-electron chi connectivity index (χ3n) is 2.56. The smallest absolute Gasteiger partial charge is 0.272 e. The van der Waals surface area contributed by atoms with Gasteiger partial charge in [-0.05, 0) is 17.5 Å². The van der Waals surface area contributed by atoms with E-state index in [-0.39, 0.29) is 24.6 Å². The van der Waals surface area contributed by atoms with Crippen molar-refractivity contribution in [3.05, 3.63) is 56.0 Å². The molecule has 0 amide bonds. The van der Waals surface area contributed by atoms with Crippen LogP contribution in [0.15, 0.2) is 29.6 Å². The van der Waals surface area contributed by atoms with Crippen molar-refractivity contribution in [3.63, 3.8) is 0 Å². The van der Waals surface area contributed by atoms with Gasteiger partial charge in [-0.25, -0.2) is 4.39 Å². The van der Waals surface area contributed by atoms with Gasteiger partial charge in [-0.2, -0.15) is 0 Å². The predicted molar refractivity (Wildman–Crippen MR) is 77.6 cm³/mol. The summed E-state index contributed by atoms with van der Waals surface area (Å²) in [5.74, 6) is 4.84. The molecule has 0 saturated heterocycles. The van der Waals surface area contributed by atoms with Crippen LogP contribution in [-0.4, -0.2) is 11.5 Å². The van der Waals surface area contributed by atoms with Gasteiger partial charge in [0.25, 0.3) is 5.69 Å². The van der Waals surface area contributed by atoms with Gasteiger partial charge in [0.2, 0.25) is 0 Å². The van der Waals surface area contributed by atoms with E-state index in [4.69, 9.17) is 10.5 Å². The first-order valence-electron chi connectivity index (χ1n) is 5.94. The Morgan fingerprint density at radius 3 is 2.90 bits per heavy atom. The first-order chi connectivity index (χ1) is 10.1. The van der Waals surface area contributed by atoms with Gasteiger partial charge in [-0.3, -0.25) is 10.1 Å². The molecule has 2 rings (SSSR count). The average molecular weight is 306 g/mol. The SMILES string of the molecule is NCC#Cc1ccsc1COc1ccc([N+](=O)[O-])cc1F. The van der Waals surface area contributed by atoms with Crippen molar-refractivity contribution in [1.29, 1.82) is 0 Å². The summed E-state index contributed by atoms with van der Waals surface area (Å²) in [6.07, 6.45) is 0. The molecule has 0 aliphatic rings. The summed E-state index contributed by atoms with van der Waals surface area (Å²) in [4.78, 5) is 10.7. The molecule has 0 unspecified atom stereocenters. The molecule has 0 aliphatic heterocycles. The van der Waals surface area contributed by atoms with Gasteiger partial charge in [0.05, 0.1) is 22.4 Å². The van der Waals surface area contributed by atoms with Crippen molar-refractivity contribution in [2.75, 3.05) is 6.54 Å². The fraction of sp³-hybridized carbons (Fsp3) is 0.143. The van der Waals surface area contributed by atoms with Crippen LogP contribution in [0.1, 0.15) is 10.4 Å². The molecule has 7 heteroatoms. The average Bonchev–Trinajstić information content (AvgIpc) is 2.91. The highest BCUT2D eigenvalue weighted by Crippen LogP contribution is 2.25. The van der Waals surface area contributed by atoms with E-state index < -0.39 is 10.7 Å². The van der Waals surface area contributed by atoms with Crippen LogP contribution in [0, 0.1) is 27.8 Å². The molecule has 2 aromatic rings. The highest BCUT2D eigenvalue weighted by molar-refractivity contribution is 7.10. The normalized spacial score (nSPS) is 9.81. The van der Waals surface area contributed by atoms with Crippen molar-refractivity contribution in [3.8, 4) is 17.6 Å². The van der Waals surface area contributed by atoms with Gasteiger partial charge in [-0.15, -0.1) is 11.3 Å². The van der Waals surface area contributed by atoms with E-state index in [1.807, 2.05) is 11.4 Å². The minimum absolute atomic E-state index is 0.0354. The molecular formula is C14H11FN2O3S. The molecule has 0 radical (unpaired) electrons. The minimum Gasteiger partial charge on any atom is -0.485 e. The second kappa shape index (κ2) is 6.83. The molecule has 5 nitrogen and oxygen atoms in total. The lowest BCUT2D eigenvalue weighted by molar-refractivity contribution is -0.385. The van der Waals surface area contributed by atoms with E-state index in [1.54, 1.807) is 0 Å². The standard InChI is InChI=1S/C14H11FN2O3S/c15-12-8-11(17(18)19)3-4-13(12)20-9-14-10(2-1-6-16)5-7-21-14/h3-5,7-8H,6,9,16H2. The van der Waals surface area contributed by atoms with Crippen LogP contribution in [0.2, 0.25) is 0 Å². The highest BCUT2D eigenvalue weighted by Gasteiger charge is 2.12. The maximum Gasteiger partial charge on any atom is 0.272 e. The summed E-state index contributed by atoms with van der Waals surface area (Å²) in [5, 5.41) is 12.4.